The predicted molar refractivity (Wildman–Crippen MR) is 127 cm³/mol. The number of amides is 1. The Bertz CT molecular complexity index is 1120. The Labute approximate surface area is 189 Å². The van der Waals surface area contributed by atoms with Crippen LogP contribution in [0.5, 0.6) is 0 Å². The lowest BCUT2D eigenvalue weighted by molar-refractivity contribution is -0.136. The number of aryl methyl sites for hydroxylation is 2. The van der Waals surface area contributed by atoms with Crippen LogP contribution in [0.1, 0.15) is 58.8 Å². The highest BCUT2D eigenvalue weighted by molar-refractivity contribution is 6.10. The Morgan fingerprint density at radius 3 is 2.28 bits per heavy atom. The highest BCUT2D eigenvalue weighted by Crippen LogP contribution is 2.43. The Kier molecular flexibility index (Phi) is 6.24. The maximum atomic E-state index is 13.4. The van der Waals surface area contributed by atoms with E-state index in [2.05, 4.69) is 6.92 Å². The lowest BCUT2D eigenvalue weighted by atomic mass is 9.88. The largest absolute Gasteiger partial charge is 0.375 e. The number of anilines is 1. The van der Waals surface area contributed by atoms with Crippen LogP contribution in [0.3, 0.4) is 0 Å². The van der Waals surface area contributed by atoms with Crippen molar-refractivity contribution in [2.75, 3.05) is 4.90 Å². The number of ketones is 1. The van der Waals surface area contributed by atoms with Crippen molar-refractivity contribution >= 4 is 17.4 Å². The molecule has 0 saturated carbocycles. The monoisotopic (exact) mass is 427 g/mol. The molecule has 1 heterocycles. The second-order valence-corrected chi connectivity index (χ2v) is 8.65. The van der Waals surface area contributed by atoms with E-state index < -0.39 is 11.5 Å². The molecule has 1 aliphatic heterocycles. The predicted octanol–water partition coefficient (Wildman–Crippen LogP) is 5.35. The summed E-state index contributed by atoms with van der Waals surface area (Å²) in [4.78, 5) is 28.1. The van der Waals surface area contributed by atoms with Crippen LogP contribution in [0.15, 0.2) is 72.8 Å². The molecular formula is C28H29NO3. The molecule has 0 saturated heterocycles. The van der Waals surface area contributed by atoms with Crippen molar-refractivity contribution in [2.24, 2.45) is 0 Å². The van der Waals surface area contributed by atoms with Crippen LogP contribution in [-0.4, -0.2) is 16.8 Å². The number of carbonyl (C=O) groups excluding carboxylic acids is 2. The zero-order chi connectivity index (χ0) is 22.7. The van der Waals surface area contributed by atoms with E-state index >= 15 is 0 Å². The molecular weight excluding hydrogens is 398 g/mol. The van der Waals surface area contributed by atoms with Gasteiger partial charge < -0.3 is 10.0 Å². The number of para-hydroxylation sites is 1. The van der Waals surface area contributed by atoms with Crippen LogP contribution in [0, 0.1) is 6.92 Å². The lowest BCUT2D eigenvalue weighted by Gasteiger charge is -2.23. The number of nitrogens with zero attached hydrogens (tertiary/aromatic N) is 1. The number of fused-ring (bicyclic) bond motifs is 1. The van der Waals surface area contributed by atoms with Crippen LogP contribution in [0.4, 0.5) is 5.69 Å². The number of carbonyl (C=O) groups is 2. The van der Waals surface area contributed by atoms with Gasteiger partial charge >= 0.3 is 0 Å². The van der Waals surface area contributed by atoms with Gasteiger partial charge in [-0.15, -0.1) is 0 Å². The smallest absolute Gasteiger partial charge is 0.264 e. The van der Waals surface area contributed by atoms with Crippen LogP contribution in [-0.2, 0) is 23.4 Å². The molecule has 1 amide bonds. The quantitative estimate of drug-likeness (QED) is 0.493. The fraction of sp³-hybridized carbons (Fsp3) is 0.286. The summed E-state index contributed by atoms with van der Waals surface area (Å²) in [6, 6.07) is 22.7. The molecule has 4 heteroatoms. The fourth-order valence-electron chi connectivity index (χ4n) is 4.28. The van der Waals surface area contributed by atoms with E-state index in [1.54, 1.807) is 29.2 Å². The van der Waals surface area contributed by atoms with Crippen LogP contribution in [0.2, 0.25) is 0 Å². The molecule has 1 atom stereocenters. The topological polar surface area (TPSA) is 57.6 Å². The zero-order valence-electron chi connectivity index (χ0n) is 18.7. The second kappa shape index (κ2) is 9.09. The molecule has 1 unspecified atom stereocenters. The number of hydrogen-bond donors (Lipinski definition) is 1. The first-order valence-electron chi connectivity index (χ1n) is 11.2. The van der Waals surface area contributed by atoms with Gasteiger partial charge in [-0.05, 0) is 37.0 Å². The highest BCUT2D eigenvalue weighted by Gasteiger charge is 2.50. The molecule has 0 aromatic heterocycles. The lowest BCUT2D eigenvalue weighted by Crippen LogP contribution is -2.41. The van der Waals surface area contributed by atoms with Crippen molar-refractivity contribution in [2.45, 2.75) is 51.7 Å². The minimum Gasteiger partial charge on any atom is -0.375 e. The van der Waals surface area contributed by atoms with E-state index in [4.69, 9.17) is 0 Å². The molecule has 0 aliphatic carbocycles. The first kappa shape index (κ1) is 22.0. The molecule has 3 aromatic carbocycles. The Morgan fingerprint density at radius 2 is 1.59 bits per heavy atom. The standard InChI is InChI=1S/C28H29NO3/c1-3-4-7-21-14-16-23(17-15-21)26(30)18-28(32)24-8-5-6-9-25(24)29(27(28)31)19-22-12-10-20(2)11-13-22/h5-6,8-17,32H,3-4,7,18-19H2,1-2H3. The summed E-state index contributed by atoms with van der Waals surface area (Å²) in [5.74, 6) is -0.693. The molecule has 4 nitrogen and oxygen atoms in total. The van der Waals surface area contributed by atoms with Gasteiger partial charge in [-0.25, -0.2) is 0 Å². The second-order valence-electron chi connectivity index (χ2n) is 8.65. The minimum absolute atomic E-state index is 0.241. The van der Waals surface area contributed by atoms with E-state index in [1.807, 2.05) is 55.5 Å². The average molecular weight is 428 g/mol. The van der Waals surface area contributed by atoms with Crippen LogP contribution >= 0.6 is 0 Å². The highest BCUT2D eigenvalue weighted by atomic mass is 16.3. The third-order valence-corrected chi connectivity index (χ3v) is 6.21. The van der Waals surface area contributed by atoms with Gasteiger partial charge in [0, 0.05) is 11.1 Å². The minimum atomic E-state index is -1.86. The number of rotatable bonds is 8. The number of unbranched alkanes of at least 4 members (excludes halogenated alkanes) is 1. The molecule has 0 radical (unpaired) electrons. The molecule has 4 rings (SSSR count). The van der Waals surface area contributed by atoms with Gasteiger partial charge in [0.05, 0.1) is 18.7 Å². The fourth-order valence-corrected chi connectivity index (χ4v) is 4.28. The van der Waals surface area contributed by atoms with E-state index in [9.17, 15) is 14.7 Å². The van der Waals surface area contributed by atoms with E-state index in [-0.39, 0.29) is 12.2 Å². The summed E-state index contributed by atoms with van der Waals surface area (Å²) in [5.41, 5.74) is 3.10. The van der Waals surface area contributed by atoms with Gasteiger partial charge in [0.1, 0.15) is 0 Å². The van der Waals surface area contributed by atoms with Gasteiger partial charge in [-0.3, -0.25) is 9.59 Å². The van der Waals surface area contributed by atoms with E-state index in [1.165, 1.54) is 5.56 Å². The molecule has 0 bridgehead atoms. The summed E-state index contributed by atoms with van der Waals surface area (Å²) in [7, 11) is 0. The summed E-state index contributed by atoms with van der Waals surface area (Å²) in [6.45, 7) is 4.51. The molecule has 0 spiro atoms. The maximum Gasteiger partial charge on any atom is 0.264 e. The number of Topliss-reactive ketones (excluding diaryl/α,β-unsaturated/α-hetero) is 1. The van der Waals surface area contributed by atoms with Crippen molar-refractivity contribution in [1.29, 1.82) is 0 Å². The van der Waals surface area contributed by atoms with Crippen LogP contribution < -0.4 is 4.90 Å². The summed E-state index contributed by atoms with van der Waals surface area (Å²) in [6.07, 6.45) is 2.93. The number of aliphatic hydroxyl groups is 1. The molecule has 0 fully saturated rings. The maximum absolute atomic E-state index is 13.4. The van der Waals surface area contributed by atoms with Gasteiger partial charge in [0.15, 0.2) is 11.4 Å². The summed E-state index contributed by atoms with van der Waals surface area (Å²) < 4.78 is 0. The van der Waals surface area contributed by atoms with Crippen molar-refractivity contribution in [3.63, 3.8) is 0 Å². The van der Waals surface area contributed by atoms with Gasteiger partial charge in [-0.1, -0.05) is 85.6 Å². The molecule has 1 aliphatic rings. The number of benzene rings is 3. The normalized spacial score (nSPS) is 17.5. The first-order chi connectivity index (χ1) is 15.4. The van der Waals surface area contributed by atoms with Gasteiger partial charge in [0.2, 0.25) is 0 Å². The summed E-state index contributed by atoms with van der Waals surface area (Å²) >= 11 is 0. The van der Waals surface area contributed by atoms with E-state index in [0.717, 1.165) is 30.4 Å². The molecule has 32 heavy (non-hydrogen) atoms. The van der Waals surface area contributed by atoms with Crippen LogP contribution in [0.25, 0.3) is 0 Å². The first-order valence-corrected chi connectivity index (χ1v) is 11.2. The third-order valence-electron chi connectivity index (χ3n) is 6.21. The van der Waals surface area contributed by atoms with Crippen molar-refractivity contribution < 1.29 is 14.7 Å². The molecule has 3 aromatic rings. The Balaban J connectivity index is 1.58. The SMILES string of the molecule is CCCCc1ccc(C(=O)CC2(O)C(=O)N(Cc3ccc(C)cc3)c3ccccc32)cc1. The van der Waals surface area contributed by atoms with E-state index in [0.29, 0.717) is 23.4 Å². The Morgan fingerprint density at radius 1 is 0.938 bits per heavy atom. The molecule has 164 valence electrons. The van der Waals surface area contributed by atoms with Gasteiger partial charge in [-0.2, -0.15) is 0 Å². The van der Waals surface area contributed by atoms with Crippen molar-refractivity contribution in [3.05, 3.63) is 101 Å². The molecule has 1 N–H and O–H groups in total. The Hall–Kier alpha value is -3.24. The van der Waals surface area contributed by atoms with Crippen molar-refractivity contribution in [1.82, 2.24) is 0 Å². The average Bonchev–Trinajstić information content (AvgIpc) is 3.01. The third kappa shape index (κ3) is 4.23. The van der Waals surface area contributed by atoms with Crippen molar-refractivity contribution in [3.8, 4) is 0 Å². The summed E-state index contributed by atoms with van der Waals surface area (Å²) in [5, 5.41) is 11.5. The van der Waals surface area contributed by atoms with Gasteiger partial charge in [0.25, 0.3) is 5.91 Å². The number of hydrogen-bond acceptors (Lipinski definition) is 3. The zero-order valence-corrected chi connectivity index (χ0v) is 18.7.